The number of aliphatic hydroxyl groups excluding tert-OH is 2. The molecule has 18 atom stereocenters. The Morgan fingerprint density at radius 2 is 1.42 bits per heavy atom. The maximum Gasteiger partial charge on any atom is 0.472 e. The van der Waals surface area contributed by atoms with Gasteiger partial charge in [-0.2, -0.15) is 17.1 Å². The van der Waals surface area contributed by atoms with Crippen LogP contribution < -0.4 is 39.7 Å². The molecule has 1 radical (unpaired) electrons. The molecule has 7 heterocycles. The number of primary amides is 6. The number of aromatic nitrogens is 2. The van der Waals surface area contributed by atoms with E-state index in [0.29, 0.717) is 39.3 Å². The van der Waals surface area contributed by atoms with Crippen LogP contribution in [0.15, 0.2) is 52.8 Å². The zero-order valence-corrected chi connectivity index (χ0v) is 55.7. The molecule has 4 unspecified atom stereocenters. The maximum absolute atomic E-state index is 14.4. The Morgan fingerprint density at radius 1 is 0.813 bits per heavy atom. The van der Waals surface area contributed by atoms with Crippen molar-refractivity contribution < 1.29 is 83.8 Å². The van der Waals surface area contributed by atoms with Gasteiger partial charge >= 0.3 is 7.82 Å². The van der Waals surface area contributed by atoms with Crippen LogP contribution in [-0.2, 0) is 68.7 Å². The van der Waals surface area contributed by atoms with E-state index in [1.165, 1.54) is 13.3 Å². The summed E-state index contributed by atoms with van der Waals surface area (Å²) in [6.45, 7) is 19.5. The Balaban J connectivity index is 0.0000118. The van der Waals surface area contributed by atoms with Gasteiger partial charge in [0, 0.05) is 68.3 Å². The molecule has 1 aromatic carbocycles. The molecule has 16 N–H and O–H groups in total. The van der Waals surface area contributed by atoms with Crippen LogP contribution in [0.5, 0.6) is 0 Å². The normalized spacial score (nSPS) is 36.4. The van der Waals surface area contributed by atoms with Crippen molar-refractivity contribution in [2.75, 3.05) is 13.2 Å². The molecule has 8 bridgehead atoms. The van der Waals surface area contributed by atoms with Crippen molar-refractivity contribution >= 4 is 60.2 Å². The molecular weight excluding hydrogens is 1240 g/mol. The van der Waals surface area contributed by atoms with Gasteiger partial charge in [-0.25, -0.2) is 9.55 Å². The Bertz CT molecular complexity index is 3340. The van der Waals surface area contributed by atoms with E-state index >= 15 is 0 Å². The molecular formula is C62H92CoN13O14P-4. The first-order chi connectivity index (χ1) is 41.8. The zero-order valence-electron chi connectivity index (χ0n) is 53.8. The van der Waals surface area contributed by atoms with Crippen molar-refractivity contribution in [3.05, 3.63) is 85.2 Å². The SMILES string of the molecule is C/C1=C2/[N-]C(/C=C3\[N-]/C(=C(/C)C4[N-][C@H]([C@H](CC(N)=O)[C@@]4(C)CCC(=O)NC[C@@H](C)OP(=O)(O)O[C@H]4[C@@H](O)[C@@H](n5cnc6cc(C)c(C)cc65)O[C@@H]4CO)[C@]4(C)[N-]C1[C@@H](CCC(N)=O)[C@]4(C)CC(N)=O)[C@@H](CCC(N)=O)C3(C)C)[C@@H](CCC(N)=O)[C@]2(C)CC(N)=O.[Co]. The summed E-state index contributed by atoms with van der Waals surface area (Å²) >= 11 is 0. The molecule has 0 aliphatic carbocycles. The fourth-order valence-corrected chi connectivity index (χ4v) is 17.3. The van der Waals surface area contributed by atoms with Gasteiger partial charge < -0.3 is 85.4 Å². The van der Waals surface area contributed by atoms with E-state index in [0.717, 1.165) is 11.1 Å². The first kappa shape index (κ1) is 72.6. The van der Waals surface area contributed by atoms with Crippen LogP contribution >= 0.6 is 7.82 Å². The number of hydrogen-bond donors (Lipinski definition) is 10. The minimum absolute atomic E-state index is 0. The molecule has 5 fully saturated rings. The third kappa shape index (κ3) is 14.1. The third-order valence-corrected chi connectivity index (χ3v) is 22.3. The van der Waals surface area contributed by atoms with Crippen LogP contribution in [0.3, 0.4) is 0 Å². The number of amides is 7. The number of carbonyl (C=O) groups is 7. The van der Waals surface area contributed by atoms with E-state index in [4.69, 9.17) is 69.5 Å². The van der Waals surface area contributed by atoms with Crippen molar-refractivity contribution in [2.45, 2.75) is 207 Å². The molecule has 27 nitrogen and oxygen atoms in total. The van der Waals surface area contributed by atoms with Gasteiger partial charge in [0.15, 0.2) is 6.23 Å². The number of aliphatic hydroxyl groups is 2. The van der Waals surface area contributed by atoms with Crippen LogP contribution in [0.2, 0.25) is 0 Å². The number of aryl methyl sites for hydroxylation is 2. The van der Waals surface area contributed by atoms with Crippen LogP contribution in [-0.4, -0.2) is 133 Å². The average molecular weight is 1330 g/mol. The van der Waals surface area contributed by atoms with E-state index < -0.39 is 161 Å². The quantitative estimate of drug-likeness (QED) is 0.0563. The standard InChI is InChI=1S/C62H92N13O14P.Co/c1-29-20-39-40(21-30(29)2)75(28-70-39)57-52(84)53(41(27-76)87-57)89-90(85,86)88-31(3)26-69-49(83)18-19-59(8)37(22-46(66)80)56-62(11)61(10,25-48(68)82)36(14-17-45(65)79)51(74-62)33(5)55-60(9,24-47(67)81)34(12-15-43(63)77)38(71-55)23-42-58(6,7)35(13-16-44(64)78)50(72-42)32(4)54(59)73-56;/h20-21,23,28,31,34-38,41,51-54,56-57,76,84H,12-19,22,24-27H2,1-11H3,(H2,63,77)(H2,64,78)(H2,65,79)(H2,66,80)(H2,67,81)(H2,68,82)(H,69,83)(H,85,86);/q-4;/b42-23-,50-32-,55-33-;/t31-,34-,35-,36-,37+,38?,41-,51?,52-,53-,54?,56-,57+,59-,60+,61+,62+;/m1./s1. The first-order valence-electron chi connectivity index (χ1n) is 30.9. The summed E-state index contributed by atoms with van der Waals surface area (Å²) in [4.78, 5) is 109. The van der Waals surface area contributed by atoms with Gasteiger partial charge in [0.2, 0.25) is 41.4 Å². The summed E-state index contributed by atoms with van der Waals surface area (Å²) in [6, 6.07) is 0.288. The van der Waals surface area contributed by atoms with Gasteiger partial charge in [-0.05, 0) is 129 Å². The van der Waals surface area contributed by atoms with Gasteiger partial charge in [0.1, 0.15) is 18.3 Å². The number of hydrogen-bond acceptors (Lipinski definition) is 14. The van der Waals surface area contributed by atoms with Crippen LogP contribution in [0.4, 0.5) is 0 Å². The summed E-state index contributed by atoms with van der Waals surface area (Å²) in [7, 11) is -5.06. The molecule has 7 amide bonds. The number of carbonyl (C=O) groups excluding carboxylic acids is 7. The Morgan fingerprint density at radius 3 is 2.01 bits per heavy atom. The summed E-state index contributed by atoms with van der Waals surface area (Å²) in [5.41, 5.74) is 36.3. The molecule has 5 saturated heterocycles. The second-order valence-electron chi connectivity index (χ2n) is 27.6. The summed E-state index contributed by atoms with van der Waals surface area (Å²) < 4.78 is 32.3. The molecule has 0 spiro atoms. The van der Waals surface area contributed by atoms with Crippen molar-refractivity contribution in [3.8, 4) is 0 Å². The predicted molar refractivity (Wildman–Crippen MR) is 333 cm³/mol. The van der Waals surface area contributed by atoms with Gasteiger partial charge in [-0.1, -0.05) is 47.6 Å². The van der Waals surface area contributed by atoms with E-state index in [2.05, 4.69) is 10.3 Å². The number of imidazole rings is 1. The number of nitrogens with two attached hydrogens (primary N) is 6. The summed E-state index contributed by atoms with van der Waals surface area (Å²) in [5.74, 6) is -6.90. The van der Waals surface area contributed by atoms with Crippen molar-refractivity contribution in [1.82, 2.24) is 14.9 Å². The second-order valence-corrected chi connectivity index (χ2v) is 28.9. The first-order valence-corrected chi connectivity index (χ1v) is 32.4. The number of phosphoric acid groups is 1. The van der Waals surface area contributed by atoms with E-state index in [1.807, 2.05) is 87.4 Å². The average Bonchev–Trinajstić information content (AvgIpc) is 1.54. The minimum atomic E-state index is -5.06. The molecule has 2 aromatic rings. The van der Waals surface area contributed by atoms with Crippen molar-refractivity contribution in [1.29, 1.82) is 0 Å². The summed E-state index contributed by atoms with van der Waals surface area (Å²) in [6.07, 6.45) is -3.95. The number of nitrogens with zero attached hydrogens (tertiary/aromatic N) is 6. The Labute approximate surface area is 541 Å². The minimum Gasteiger partial charge on any atom is -0.681 e. The topological polar surface area (TPSA) is 467 Å². The number of fused-ring (bicyclic) bond motifs is 10. The zero-order chi connectivity index (χ0) is 66.7. The smallest absolute Gasteiger partial charge is 0.472 e. The second kappa shape index (κ2) is 27.3. The molecule has 8 rings (SSSR count). The van der Waals surface area contributed by atoms with Crippen molar-refractivity contribution in [3.63, 3.8) is 0 Å². The monoisotopic (exact) mass is 1330 g/mol. The van der Waals surface area contributed by atoms with Crippen LogP contribution in [0, 0.1) is 59.2 Å². The van der Waals surface area contributed by atoms with Gasteiger partial charge in [0.25, 0.3) is 0 Å². The number of rotatable bonds is 26. The Hall–Kier alpha value is -5.78. The number of ether oxygens (including phenoxy) is 1. The molecule has 29 heteroatoms. The van der Waals surface area contributed by atoms with E-state index in [-0.39, 0.29) is 94.0 Å². The molecule has 6 aliphatic heterocycles. The third-order valence-electron chi connectivity index (χ3n) is 21.2. The molecule has 0 saturated carbocycles. The molecule has 91 heavy (non-hydrogen) atoms. The Kier molecular flexibility index (Phi) is 21.8. The molecule has 6 aliphatic rings. The maximum atomic E-state index is 14.4. The molecule has 507 valence electrons. The molecule has 1 aromatic heterocycles. The van der Waals surface area contributed by atoms with E-state index in [1.54, 1.807) is 4.57 Å². The predicted octanol–water partition coefficient (Wildman–Crippen LogP) is 4.85. The van der Waals surface area contributed by atoms with Gasteiger partial charge in [-0.15, -0.1) is 40.9 Å². The number of benzene rings is 1. The van der Waals surface area contributed by atoms with Gasteiger partial charge in [-0.3, -0.25) is 42.6 Å². The summed E-state index contributed by atoms with van der Waals surface area (Å²) in [5, 5.41) is 47.0. The largest absolute Gasteiger partial charge is 0.681 e. The van der Waals surface area contributed by atoms with Crippen LogP contribution in [0.1, 0.15) is 150 Å². The van der Waals surface area contributed by atoms with Crippen molar-refractivity contribution in [2.24, 2.45) is 79.7 Å². The fraction of sp³-hybridized carbons (Fsp3) is 0.677. The number of phosphoric ester groups is 1. The fourth-order valence-electron chi connectivity index (χ4n) is 16.1. The number of allylic oxidation sites excluding steroid dienone is 3. The van der Waals surface area contributed by atoms with Crippen LogP contribution in [0.25, 0.3) is 32.3 Å². The van der Waals surface area contributed by atoms with E-state index in [9.17, 15) is 53.2 Å². The van der Waals surface area contributed by atoms with Gasteiger partial charge in [0.05, 0.1) is 30.1 Å². The number of nitrogens with one attached hydrogen (secondary N) is 1.